The molecule has 1 aromatic rings. The highest BCUT2D eigenvalue weighted by atomic mass is 19.4. The van der Waals surface area contributed by atoms with Crippen molar-refractivity contribution in [3.63, 3.8) is 0 Å². The van der Waals surface area contributed by atoms with Gasteiger partial charge >= 0.3 is 6.18 Å². The van der Waals surface area contributed by atoms with Crippen LogP contribution in [0.2, 0.25) is 0 Å². The van der Waals surface area contributed by atoms with Crippen molar-refractivity contribution in [2.24, 2.45) is 5.92 Å². The van der Waals surface area contributed by atoms with Crippen LogP contribution in [0.15, 0.2) is 24.3 Å². The predicted octanol–water partition coefficient (Wildman–Crippen LogP) is 3.97. The topological polar surface area (TPSA) is 58.2 Å². The molecule has 144 valence electrons. The number of hydrogen-bond donors (Lipinski definition) is 2. The lowest BCUT2D eigenvalue weighted by atomic mass is 10.00. The Morgan fingerprint density at radius 2 is 1.92 bits per heavy atom. The zero-order valence-corrected chi connectivity index (χ0v) is 14.9. The normalized spacial score (nSPS) is 16.3. The van der Waals surface area contributed by atoms with Crippen molar-refractivity contribution >= 4 is 11.8 Å². The van der Waals surface area contributed by atoms with E-state index in [9.17, 15) is 22.8 Å². The summed E-state index contributed by atoms with van der Waals surface area (Å²) in [6.45, 7) is 1.74. The molecule has 1 saturated carbocycles. The first kappa shape index (κ1) is 20.3. The van der Waals surface area contributed by atoms with Crippen molar-refractivity contribution < 1.29 is 22.8 Å². The van der Waals surface area contributed by atoms with Crippen LogP contribution in [0.5, 0.6) is 0 Å². The van der Waals surface area contributed by atoms with Crippen LogP contribution in [0.4, 0.5) is 13.2 Å². The van der Waals surface area contributed by atoms with E-state index in [-0.39, 0.29) is 18.4 Å². The predicted molar refractivity (Wildman–Crippen MR) is 92.2 cm³/mol. The van der Waals surface area contributed by atoms with Crippen molar-refractivity contribution in [1.82, 2.24) is 10.6 Å². The molecule has 26 heavy (non-hydrogen) atoms. The van der Waals surface area contributed by atoms with E-state index < -0.39 is 23.7 Å². The molecule has 0 heterocycles. The second-order valence-corrected chi connectivity index (χ2v) is 6.73. The molecule has 0 spiro atoms. The summed E-state index contributed by atoms with van der Waals surface area (Å²) in [5.74, 6) is -0.548. The molecule has 2 amide bonds. The number of carbonyl (C=O) groups excluding carboxylic acids is 2. The molecule has 1 aliphatic rings. The van der Waals surface area contributed by atoms with Gasteiger partial charge in [-0.25, -0.2) is 0 Å². The van der Waals surface area contributed by atoms with E-state index in [1.54, 1.807) is 6.07 Å². The number of halogens is 3. The second kappa shape index (κ2) is 9.05. The Balaban J connectivity index is 1.96. The molecule has 0 saturated heterocycles. The third-order valence-electron chi connectivity index (χ3n) is 4.68. The Kier molecular flexibility index (Phi) is 7.06. The van der Waals surface area contributed by atoms with Gasteiger partial charge in [-0.2, -0.15) is 13.2 Å². The van der Waals surface area contributed by atoms with Gasteiger partial charge in [0.15, 0.2) is 0 Å². The van der Waals surface area contributed by atoms with E-state index in [1.165, 1.54) is 6.07 Å². The number of alkyl halides is 3. The highest BCUT2D eigenvalue weighted by Gasteiger charge is 2.31. The van der Waals surface area contributed by atoms with Crippen molar-refractivity contribution in [3.05, 3.63) is 35.4 Å². The molecule has 1 fully saturated rings. The van der Waals surface area contributed by atoms with Crippen molar-refractivity contribution in [2.75, 3.05) is 6.54 Å². The molecule has 0 aliphatic heterocycles. The Hall–Kier alpha value is -2.05. The molecule has 1 unspecified atom stereocenters. The minimum atomic E-state index is -4.42. The minimum absolute atomic E-state index is 0.0299. The Morgan fingerprint density at radius 1 is 1.23 bits per heavy atom. The third-order valence-corrected chi connectivity index (χ3v) is 4.68. The first-order chi connectivity index (χ1) is 12.3. The monoisotopic (exact) mass is 370 g/mol. The lowest BCUT2D eigenvalue weighted by molar-refractivity contribution is -0.137. The number of benzene rings is 1. The van der Waals surface area contributed by atoms with Crippen LogP contribution < -0.4 is 10.6 Å². The molecule has 0 radical (unpaired) electrons. The molecule has 1 aliphatic carbocycles. The zero-order chi connectivity index (χ0) is 19.2. The molecular weight excluding hydrogens is 345 g/mol. The van der Waals surface area contributed by atoms with Gasteiger partial charge < -0.3 is 10.6 Å². The van der Waals surface area contributed by atoms with Crippen molar-refractivity contribution in [3.8, 4) is 0 Å². The van der Waals surface area contributed by atoms with Gasteiger partial charge in [-0.1, -0.05) is 38.3 Å². The molecule has 0 aromatic heterocycles. The third kappa shape index (κ3) is 5.75. The molecule has 2 N–H and O–H groups in total. The lowest BCUT2D eigenvalue weighted by Crippen LogP contribution is -2.40. The molecule has 2 rings (SSSR count). The van der Waals surface area contributed by atoms with Gasteiger partial charge in [0.2, 0.25) is 11.8 Å². The Bertz CT molecular complexity index is 625. The Labute approximate surface area is 151 Å². The molecule has 1 aromatic carbocycles. The van der Waals surface area contributed by atoms with Crippen LogP contribution in [0.25, 0.3) is 0 Å². The fraction of sp³-hybridized carbons (Fsp3) is 0.579. The van der Waals surface area contributed by atoms with Crippen LogP contribution in [-0.4, -0.2) is 18.4 Å². The first-order valence-corrected chi connectivity index (χ1v) is 9.05. The maximum Gasteiger partial charge on any atom is 0.416 e. The van der Waals surface area contributed by atoms with E-state index in [1.807, 2.05) is 6.92 Å². The molecule has 1 atom stereocenters. The van der Waals surface area contributed by atoms with Gasteiger partial charge in [0.25, 0.3) is 0 Å². The standard InChI is InChI=1S/C19H25F3N2O2/c1-2-6-16(14-9-5-10-15(11-14)19(20,21)22)24-17(25)12-23-18(26)13-7-3-4-8-13/h5,9-11,13,16H,2-4,6-8,12H2,1H3,(H,23,26)(H,24,25). The maximum absolute atomic E-state index is 12.9. The number of hydrogen-bond acceptors (Lipinski definition) is 2. The van der Waals surface area contributed by atoms with E-state index in [4.69, 9.17) is 0 Å². The van der Waals surface area contributed by atoms with Crippen LogP contribution in [0, 0.1) is 5.92 Å². The van der Waals surface area contributed by atoms with Crippen molar-refractivity contribution in [1.29, 1.82) is 0 Å². The number of nitrogens with one attached hydrogen (secondary N) is 2. The highest BCUT2D eigenvalue weighted by molar-refractivity contribution is 5.86. The van der Waals surface area contributed by atoms with E-state index >= 15 is 0 Å². The smallest absolute Gasteiger partial charge is 0.348 e. The van der Waals surface area contributed by atoms with Gasteiger partial charge in [-0.3, -0.25) is 9.59 Å². The van der Waals surface area contributed by atoms with Gasteiger partial charge in [0.05, 0.1) is 18.2 Å². The summed E-state index contributed by atoms with van der Waals surface area (Å²) in [6.07, 6.45) is 0.536. The summed E-state index contributed by atoms with van der Waals surface area (Å²) >= 11 is 0. The average Bonchev–Trinajstić information content (AvgIpc) is 3.13. The summed E-state index contributed by atoms with van der Waals surface area (Å²) in [6, 6.07) is 4.48. The fourth-order valence-corrected chi connectivity index (χ4v) is 3.29. The summed E-state index contributed by atoms with van der Waals surface area (Å²) in [4.78, 5) is 24.1. The SMILES string of the molecule is CCCC(NC(=O)CNC(=O)C1CCCC1)c1cccc(C(F)(F)F)c1. The van der Waals surface area contributed by atoms with Gasteiger partial charge in [0, 0.05) is 5.92 Å². The van der Waals surface area contributed by atoms with Crippen LogP contribution in [0.3, 0.4) is 0 Å². The molecular formula is C19H25F3N2O2. The number of rotatable bonds is 7. The fourth-order valence-electron chi connectivity index (χ4n) is 3.29. The maximum atomic E-state index is 12.9. The van der Waals surface area contributed by atoms with Crippen molar-refractivity contribution in [2.45, 2.75) is 57.7 Å². The first-order valence-electron chi connectivity index (χ1n) is 9.05. The zero-order valence-electron chi connectivity index (χ0n) is 14.9. The summed E-state index contributed by atoms with van der Waals surface area (Å²) in [7, 11) is 0. The average molecular weight is 370 g/mol. The van der Waals surface area contributed by atoms with Crippen LogP contribution in [-0.2, 0) is 15.8 Å². The molecule has 4 nitrogen and oxygen atoms in total. The summed E-state index contributed by atoms with van der Waals surface area (Å²) < 4.78 is 38.7. The largest absolute Gasteiger partial charge is 0.416 e. The molecule has 7 heteroatoms. The van der Waals surface area contributed by atoms with E-state index in [0.717, 1.165) is 37.8 Å². The van der Waals surface area contributed by atoms with E-state index in [2.05, 4.69) is 10.6 Å². The second-order valence-electron chi connectivity index (χ2n) is 6.73. The van der Waals surface area contributed by atoms with Gasteiger partial charge in [-0.05, 0) is 37.0 Å². The molecule has 0 bridgehead atoms. The minimum Gasteiger partial charge on any atom is -0.348 e. The quantitative estimate of drug-likeness (QED) is 0.763. The summed E-state index contributed by atoms with van der Waals surface area (Å²) in [5.41, 5.74) is -0.322. The van der Waals surface area contributed by atoms with Gasteiger partial charge in [0.1, 0.15) is 0 Å². The highest BCUT2D eigenvalue weighted by Crippen LogP contribution is 2.31. The van der Waals surface area contributed by atoms with Gasteiger partial charge in [-0.15, -0.1) is 0 Å². The number of carbonyl (C=O) groups is 2. The van der Waals surface area contributed by atoms with E-state index in [0.29, 0.717) is 18.4 Å². The number of amides is 2. The summed E-state index contributed by atoms with van der Waals surface area (Å²) in [5, 5.41) is 5.37. The lowest BCUT2D eigenvalue weighted by Gasteiger charge is -2.20. The Morgan fingerprint density at radius 3 is 2.54 bits per heavy atom. The van der Waals surface area contributed by atoms with Crippen LogP contribution in [0.1, 0.15) is 62.6 Å². The van der Waals surface area contributed by atoms with Crippen LogP contribution >= 0.6 is 0 Å².